The molecule has 0 aliphatic heterocycles. The third kappa shape index (κ3) is 4.25. The molecule has 1 aromatic rings. The summed E-state index contributed by atoms with van der Waals surface area (Å²) in [5, 5.41) is 3.23. The fraction of sp³-hybridized carbons (Fsp3) is 0.500. The second-order valence-electron chi connectivity index (χ2n) is 3.51. The van der Waals surface area contributed by atoms with Crippen molar-refractivity contribution in [1.29, 1.82) is 0 Å². The van der Waals surface area contributed by atoms with E-state index in [1.807, 2.05) is 6.07 Å². The molecule has 0 amide bonds. The maximum absolute atomic E-state index is 13.7. The first-order chi connectivity index (χ1) is 7.79. The largest absolute Gasteiger partial charge is 0.494 e. The lowest BCUT2D eigenvalue weighted by molar-refractivity contribution is 0.383. The summed E-state index contributed by atoms with van der Waals surface area (Å²) in [5.74, 6) is 0.0537. The summed E-state index contributed by atoms with van der Waals surface area (Å²) >= 11 is 2.36. The summed E-state index contributed by atoms with van der Waals surface area (Å²) in [7, 11) is 1.48. The average molecular weight is 337 g/mol. The van der Waals surface area contributed by atoms with Crippen molar-refractivity contribution in [2.45, 2.75) is 19.4 Å². The molecule has 0 aliphatic rings. The predicted octanol–water partition coefficient (Wildman–Crippen LogP) is 3.14. The molecule has 0 atom stereocenters. The van der Waals surface area contributed by atoms with Crippen molar-refractivity contribution in [1.82, 2.24) is 5.32 Å². The molecule has 0 heterocycles. The van der Waals surface area contributed by atoms with Crippen molar-refractivity contribution in [3.8, 4) is 5.75 Å². The zero-order valence-corrected chi connectivity index (χ0v) is 11.6. The summed E-state index contributed by atoms with van der Waals surface area (Å²) in [6.07, 6.45) is 2.34. The Bertz CT molecular complexity index is 320. The first-order valence-corrected chi connectivity index (χ1v) is 6.90. The molecule has 2 nitrogen and oxygen atoms in total. The van der Waals surface area contributed by atoms with Crippen molar-refractivity contribution in [3.63, 3.8) is 0 Å². The molecule has 16 heavy (non-hydrogen) atoms. The molecule has 0 radical (unpaired) electrons. The molecular weight excluding hydrogens is 320 g/mol. The molecule has 0 spiro atoms. The number of nitrogens with one attached hydrogen (secondary N) is 1. The molecule has 0 aliphatic carbocycles. The van der Waals surface area contributed by atoms with Crippen molar-refractivity contribution >= 4 is 22.6 Å². The fourth-order valence-corrected chi connectivity index (χ4v) is 1.96. The number of alkyl halides is 1. The van der Waals surface area contributed by atoms with Gasteiger partial charge in [0, 0.05) is 12.1 Å². The van der Waals surface area contributed by atoms with Crippen LogP contribution in [0.1, 0.15) is 18.4 Å². The monoisotopic (exact) mass is 337 g/mol. The van der Waals surface area contributed by atoms with E-state index in [0.29, 0.717) is 17.9 Å². The second-order valence-corrected chi connectivity index (χ2v) is 4.58. The molecule has 0 saturated heterocycles. The van der Waals surface area contributed by atoms with Gasteiger partial charge in [0.2, 0.25) is 0 Å². The number of rotatable bonds is 7. The topological polar surface area (TPSA) is 21.3 Å². The quantitative estimate of drug-likeness (QED) is 0.469. The van der Waals surface area contributed by atoms with Gasteiger partial charge < -0.3 is 10.1 Å². The Hall–Kier alpha value is -0.360. The van der Waals surface area contributed by atoms with E-state index in [0.717, 1.165) is 13.0 Å². The Balaban J connectivity index is 2.41. The van der Waals surface area contributed by atoms with Gasteiger partial charge in [-0.15, -0.1) is 0 Å². The van der Waals surface area contributed by atoms with Gasteiger partial charge in [0.05, 0.1) is 7.11 Å². The van der Waals surface area contributed by atoms with Crippen LogP contribution in [0.4, 0.5) is 4.39 Å². The Labute approximate surface area is 110 Å². The molecule has 1 aromatic carbocycles. The third-order valence-corrected chi connectivity index (χ3v) is 3.08. The summed E-state index contributed by atoms with van der Waals surface area (Å²) in [5.41, 5.74) is 0.661. The minimum Gasteiger partial charge on any atom is -0.494 e. The molecule has 0 unspecified atom stereocenters. The van der Waals surface area contributed by atoms with Crippen LogP contribution in [0, 0.1) is 5.82 Å². The van der Waals surface area contributed by atoms with Crippen LogP contribution in [0.15, 0.2) is 18.2 Å². The van der Waals surface area contributed by atoms with E-state index in [1.54, 1.807) is 12.1 Å². The number of benzene rings is 1. The normalized spacial score (nSPS) is 10.4. The highest BCUT2D eigenvalue weighted by molar-refractivity contribution is 14.1. The van der Waals surface area contributed by atoms with Crippen molar-refractivity contribution in [2.24, 2.45) is 0 Å². The maximum Gasteiger partial charge on any atom is 0.169 e. The fourth-order valence-electron chi connectivity index (χ4n) is 1.42. The molecule has 90 valence electrons. The third-order valence-electron chi connectivity index (χ3n) is 2.32. The standard InChI is InChI=1S/C12H17FINO/c1-16-11-6-4-5-10(12(11)13)9-15-8-3-2-7-14/h4-6,15H,2-3,7-9H2,1H3. The van der Waals surface area contributed by atoms with E-state index in [1.165, 1.54) is 18.0 Å². The van der Waals surface area contributed by atoms with Gasteiger partial charge in [0.1, 0.15) is 0 Å². The zero-order chi connectivity index (χ0) is 11.8. The Morgan fingerprint density at radius 2 is 2.19 bits per heavy atom. The Morgan fingerprint density at radius 3 is 2.88 bits per heavy atom. The van der Waals surface area contributed by atoms with Gasteiger partial charge in [0.25, 0.3) is 0 Å². The van der Waals surface area contributed by atoms with Gasteiger partial charge in [0.15, 0.2) is 11.6 Å². The van der Waals surface area contributed by atoms with Gasteiger partial charge in [-0.1, -0.05) is 34.7 Å². The molecule has 1 N–H and O–H groups in total. The molecule has 0 fully saturated rings. The molecule has 0 bridgehead atoms. The highest BCUT2D eigenvalue weighted by Crippen LogP contribution is 2.19. The van der Waals surface area contributed by atoms with Crippen LogP contribution in [0.2, 0.25) is 0 Å². The van der Waals surface area contributed by atoms with Crippen molar-refractivity contribution in [3.05, 3.63) is 29.6 Å². The van der Waals surface area contributed by atoms with Gasteiger partial charge in [-0.3, -0.25) is 0 Å². The molecule has 4 heteroatoms. The number of hydrogen-bond acceptors (Lipinski definition) is 2. The number of unbranched alkanes of at least 4 members (excludes halogenated alkanes) is 1. The van der Waals surface area contributed by atoms with Crippen LogP contribution < -0.4 is 10.1 Å². The number of methoxy groups -OCH3 is 1. The van der Waals surface area contributed by atoms with E-state index in [2.05, 4.69) is 27.9 Å². The minimum atomic E-state index is -0.258. The Kier molecular flexibility index (Phi) is 6.71. The van der Waals surface area contributed by atoms with E-state index in [4.69, 9.17) is 4.74 Å². The number of hydrogen-bond donors (Lipinski definition) is 1. The molecular formula is C12H17FINO. The van der Waals surface area contributed by atoms with Crippen LogP contribution in [-0.4, -0.2) is 18.1 Å². The zero-order valence-electron chi connectivity index (χ0n) is 9.43. The smallest absolute Gasteiger partial charge is 0.169 e. The van der Waals surface area contributed by atoms with Crippen LogP contribution in [-0.2, 0) is 6.54 Å². The lowest BCUT2D eigenvalue weighted by atomic mass is 10.2. The number of halogens is 2. The molecule has 0 saturated carbocycles. The lowest BCUT2D eigenvalue weighted by Gasteiger charge is -2.08. The van der Waals surface area contributed by atoms with Gasteiger partial charge in [-0.25, -0.2) is 4.39 Å². The SMILES string of the molecule is COc1cccc(CNCCCCI)c1F. The van der Waals surface area contributed by atoms with E-state index >= 15 is 0 Å². The van der Waals surface area contributed by atoms with Crippen LogP contribution in [0.25, 0.3) is 0 Å². The van der Waals surface area contributed by atoms with Gasteiger partial charge >= 0.3 is 0 Å². The molecule has 0 aromatic heterocycles. The first kappa shape index (κ1) is 13.7. The second kappa shape index (κ2) is 7.84. The summed E-state index contributed by atoms with van der Waals surface area (Å²) in [4.78, 5) is 0. The predicted molar refractivity (Wildman–Crippen MR) is 72.8 cm³/mol. The van der Waals surface area contributed by atoms with Crippen molar-refractivity contribution < 1.29 is 9.13 Å². The van der Waals surface area contributed by atoms with Crippen molar-refractivity contribution in [2.75, 3.05) is 18.1 Å². The van der Waals surface area contributed by atoms with Crippen LogP contribution in [0.5, 0.6) is 5.75 Å². The van der Waals surface area contributed by atoms with Crippen LogP contribution >= 0.6 is 22.6 Å². The van der Waals surface area contributed by atoms with Crippen LogP contribution in [0.3, 0.4) is 0 Å². The minimum absolute atomic E-state index is 0.258. The average Bonchev–Trinajstić information content (AvgIpc) is 2.31. The van der Waals surface area contributed by atoms with E-state index in [9.17, 15) is 4.39 Å². The molecule has 1 rings (SSSR count). The summed E-state index contributed by atoms with van der Waals surface area (Å²) < 4.78 is 19.8. The first-order valence-electron chi connectivity index (χ1n) is 5.37. The lowest BCUT2D eigenvalue weighted by Crippen LogP contribution is -2.15. The highest BCUT2D eigenvalue weighted by atomic mass is 127. The number of ether oxygens (including phenoxy) is 1. The summed E-state index contributed by atoms with van der Waals surface area (Å²) in [6.45, 7) is 1.49. The van der Waals surface area contributed by atoms with E-state index < -0.39 is 0 Å². The summed E-state index contributed by atoms with van der Waals surface area (Å²) in [6, 6.07) is 5.22. The highest BCUT2D eigenvalue weighted by Gasteiger charge is 2.06. The maximum atomic E-state index is 13.7. The Morgan fingerprint density at radius 1 is 1.38 bits per heavy atom. The van der Waals surface area contributed by atoms with Gasteiger partial charge in [-0.05, 0) is 29.9 Å². The van der Waals surface area contributed by atoms with E-state index in [-0.39, 0.29) is 5.82 Å². The van der Waals surface area contributed by atoms with Gasteiger partial charge in [-0.2, -0.15) is 0 Å².